The Morgan fingerprint density at radius 1 is 0.783 bits per heavy atom. The van der Waals surface area contributed by atoms with E-state index in [1.54, 1.807) is 0 Å². The summed E-state index contributed by atoms with van der Waals surface area (Å²) in [6, 6.07) is 21.7. The molecule has 1 saturated heterocycles. The number of hydrogen-bond donors (Lipinski definition) is 0. The van der Waals surface area contributed by atoms with Crippen LogP contribution >= 0.6 is 0 Å². The third-order valence-corrected chi connectivity index (χ3v) is 9.69. The predicted molar refractivity (Wildman–Crippen MR) is 99.5 cm³/mol. The molecule has 0 amide bonds. The lowest BCUT2D eigenvalue weighted by molar-refractivity contribution is -0.0464. The average Bonchev–Trinajstić information content (AvgIpc) is 3.06. The molecule has 0 N–H and O–H groups in total. The van der Waals surface area contributed by atoms with Gasteiger partial charge in [-0.3, -0.25) is 0 Å². The van der Waals surface area contributed by atoms with Gasteiger partial charge in [0, 0.05) is 13.1 Å². The fourth-order valence-electron chi connectivity index (χ4n) is 3.59. The van der Waals surface area contributed by atoms with Crippen molar-refractivity contribution >= 4 is 18.7 Å². The lowest BCUT2D eigenvalue weighted by Gasteiger charge is -2.44. The van der Waals surface area contributed by atoms with E-state index >= 15 is 0 Å². The van der Waals surface area contributed by atoms with Crippen molar-refractivity contribution in [3.8, 4) is 0 Å². The summed E-state index contributed by atoms with van der Waals surface area (Å²) in [4.78, 5) is 0. The second-order valence-electron chi connectivity index (χ2n) is 7.39. The summed E-state index contributed by atoms with van der Waals surface area (Å²) in [5.41, 5.74) is 0. The van der Waals surface area contributed by atoms with Crippen LogP contribution in [0.5, 0.6) is 0 Å². The van der Waals surface area contributed by atoms with Crippen LogP contribution in [0.3, 0.4) is 0 Å². The molecule has 0 spiro atoms. The average molecular weight is 326 g/mol. The zero-order valence-corrected chi connectivity index (χ0v) is 15.5. The fraction of sp³-hybridized carbons (Fsp3) is 0.400. The summed E-state index contributed by atoms with van der Waals surface area (Å²) in [6.07, 6.45) is 2.47. The standard InChI is InChI=1S/C20H27NOSi/c1-20(2,3)23(18-12-6-4-7-13-18,19-14-8-5-9-15-19)22-21-16-10-11-17-21/h4-9,12-15H,10-11,16-17H2,1-3H3. The molecular formula is C20H27NOSi. The maximum Gasteiger partial charge on any atom is 0.287 e. The first-order chi connectivity index (χ1) is 11.0. The van der Waals surface area contributed by atoms with Gasteiger partial charge in [-0.25, -0.2) is 5.06 Å². The van der Waals surface area contributed by atoms with Gasteiger partial charge in [-0.05, 0) is 28.3 Å². The summed E-state index contributed by atoms with van der Waals surface area (Å²) in [7, 11) is -2.39. The van der Waals surface area contributed by atoms with E-state index in [4.69, 9.17) is 4.53 Å². The van der Waals surface area contributed by atoms with E-state index in [2.05, 4.69) is 86.5 Å². The van der Waals surface area contributed by atoms with Crippen molar-refractivity contribution in [2.75, 3.05) is 13.1 Å². The van der Waals surface area contributed by atoms with Crippen molar-refractivity contribution in [3.63, 3.8) is 0 Å². The summed E-state index contributed by atoms with van der Waals surface area (Å²) >= 11 is 0. The highest BCUT2D eigenvalue weighted by Crippen LogP contribution is 2.37. The van der Waals surface area contributed by atoms with Crippen LogP contribution in [0.15, 0.2) is 60.7 Å². The Morgan fingerprint density at radius 2 is 1.22 bits per heavy atom. The number of hydrogen-bond acceptors (Lipinski definition) is 2. The maximum absolute atomic E-state index is 6.91. The normalized spacial score (nSPS) is 16.7. The zero-order chi connectivity index (χ0) is 16.3. The molecule has 0 bridgehead atoms. The van der Waals surface area contributed by atoms with Gasteiger partial charge in [-0.1, -0.05) is 81.4 Å². The highest BCUT2D eigenvalue weighted by Gasteiger charge is 2.52. The van der Waals surface area contributed by atoms with E-state index in [0.29, 0.717) is 0 Å². The monoisotopic (exact) mass is 325 g/mol. The Balaban J connectivity index is 2.16. The molecule has 122 valence electrons. The van der Waals surface area contributed by atoms with Gasteiger partial charge in [0.15, 0.2) is 0 Å². The fourth-order valence-corrected chi connectivity index (χ4v) is 8.04. The summed E-state index contributed by atoms with van der Waals surface area (Å²) in [5.74, 6) is 0. The van der Waals surface area contributed by atoms with Gasteiger partial charge in [0.1, 0.15) is 0 Å². The van der Waals surface area contributed by atoms with Crippen LogP contribution in [-0.4, -0.2) is 26.5 Å². The van der Waals surface area contributed by atoms with Crippen molar-refractivity contribution in [1.82, 2.24) is 5.06 Å². The van der Waals surface area contributed by atoms with Crippen LogP contribution in [0.25, 0.3) is 0 Å². The molecule has 0 radical (unpaired) electrons. The van der Waals surface area contributed by atoms with E-state index < -0.39 is 8.32 Å². The van der Waals surface area contributed by atoms with E-state index in [1.807, 2.05) is 0 Å². The Kier molecular flexibility index (Phi) is 4.71. The van der Waals surface area contributed by atoms with Crippen molar-refractivity contribution in [2.24, 2.45) is 0 Å². The van der Waals surface area contributed by atoms with Crippen LogP contribution in [-0.2, 0) is 4.53 Å². The molecule has 0 unspecified atom stereocenters. The molecular weight excluding hydrogens is 298 g/mol. The summed E-state index contributed by atoms with van der Waals surface area (Å²) < 4.78 is 6.91. The van der Waals surface area contributed by atoms with Crippen LogP contribution in [0.2, 0.25) is 5.04 Å². The molecule has 23 heavy (non-hydrogen) atoms. The lowest BCUT2D eigenvalue weighted by Crippen LogP contribution is -2.68. The van der Waals surface area contributed by atoms with Crippen LogP contribution in [0, 0.1) is 0 Å². The second-order valence-corrected chi connectivity index (χ2v) is 11.6. The Bertz CT molecular complexity index is 576. The minimum absolute atomic E-state index is 0.0539. The van der Waals surface area contributed by atoms with E-state index in [0.717, 1.165) is 13.1 Å². The quantitative estimate of drug-likeness (QED) is 0.797. The van der Waals surface area contributed by atoms with Gasteiger partial charge < -0.3 is 4.53 Å². The number of nitrogens with zero attached hydrogens (tertiary/aromatic N) is 1. The molecule has 3 rings (SSSR count). The van der Waals surface area contributed by atoms with Crippen molar-refractivity contribution < 1.29 is 4.53 Å². The van der Waals surface area contributed by atoms with E-state index in [-0.39, 0.29) is 5.04 Å². The first kappa shape index (κ1) is 16.4. The van der Waals surface area contributed by atoms with Crippen LogP contribution in [0.1, 0.15) is 33.6 Å². The molecule has 0 saturated carbocycles. The van der Waals surface area contributed by atoms with E-state index in [9.17, 15) is 0 Å². The van der Waals surface area contributed by atoms with Gasteiger partial charge in [0.05, 0.1) is 0 Å². The smallest absolute Gasteiger partial charge is 0.287 e. The molecule has 2 aromatic carbocycles. The molecule has 0 aromatic heterocycles. The Hall–Kier alpha value is -1.42. The van der Waals surface area contributed by atoms with Gasteiger partial charge in [-0.15, -0.1) is 0 Å². The molecule has 1 heterocycles. The van der Waals surface area contributed by atoms with Gasteiger partial charge in [0.25, 0.3) is 8.32 Å². The van der Waals surface area contributed by atoms with Crippen LogP contribution in [0.4, 0.5) is 0 Å². The first-order valence-electron chi connectivity index (χ1n) is 8.59. The lowest BCUT2D eigenvalue weighted by atomic mass is 10.2. The first-order valence-corrected chi connectivity index (χ1v) is 10.5. The van der Waals surface area contributed by atoms with E-state index in [1.165, 1.54) is 23.2 Å². The van der Waals surface area contributed by atoms with Gasteiger partial charge in [0.2, 0.25) is 0 Å². The largest absolute Gasteiger partial charge is 0.331 e. The molecule has 1 aliphatic rings. The SMILES string of the molecule is CC(C)(C)[Si](ON1CCCC1)(c1ccccc1)c1ccccc1. The summed E-state index contributed by atoms with van der Waals surface area (Å²) in [6.45, 7) is 9.08. The number of benzene rings is 2. The number of hydroxylamine groups is 2. The zero-order valence-electron chi connectivity index (χ0n) is 14.5. The van der Waals surface area contributed by atoms with Gasteiger partial charge in [-0.2, -0.15) is 0 Å². The molecule has 2 aromatic rings. The van der Waals surface area contributed by atoms with Crippen molar-refractivity contribution in [1.29, 1.82) is 0 Å². The molecule has 1 aliphatic heterocycles. The molecule has 0 atom stereocenters. The van der Waals surface area contributed by atoms with Gasteiger partial charge >= 0.3 is 0 Å². The maximum atomic E-state index is 6.91. The molecule has 1 fully saturated rings. The minimum Gasteiger partial charge on any atom is -0.331 e. The number of rotatable bonds is 4. The highest BCUT2D eigenvalue weighted by atomic mass is 28.4. The molecule has 3 heteroatoms. The Morgan fingerprint density at radius 3 is 1.61 bits per heavy atom. The topological polar surface area (TPSA) is 12.5 Å². The third-order valence-electron chi connectivity index (χ3n) is 4.75. The predicted octanol–water partition coefficient (Wildman–Crippen LogP) is 3.57. The molecule has 0 aliphatic carbocycles. The van der Waals surface area contributed by atoms with Crippen LogP contribution < -0.4 is 10.4 Å². The third kappa shape index (κ3) is 3.14. The van der Waals surface area contributed by atoms with Crippen molar-refractivity contribution in [2.45, 2.75) is 38.7 Å². The molecule has 2 nitrogen and oxygen atoms in total. The minimum atomic E-state index is -2.39. The second kappa shape index (κ2) is 6.60. The Labute approximate surface area is 141 Å². The van der Waals surface area contributed by atoms with Crippen molar-refractivity contribution in [3.05, 3.63) is 60.7 Å². The summed E-state index contributed by atoms with van der Waals surface area (Å²) in [5, 5.41) is 4.98. The highest BCUT2D eigenvalue weighted by molar-refractivity contribution is 6.99.